The van der Waals surface area contributed by atoms with Crippen LogP contribution in [0.3, 0.4) is 0 Å². The third kappa shape index (κ3) is 4.24. The molecule has 3 N–H and O–H groups in total. The third-order valence-electron chi connectivity index (χ3n) is 2.83. The quantitative estimate of drug-likeness (QED) is 0.648. The molecule has 21 heavy (non-hydrogen) atoms. The standard InChI is InChI=1S/C15H21N5O/c1-11(2)18-15(16)17-10-12-8-9-20(19-12)13-4-6-14(21-3)7-5-13/h4-9,11H,10H2,1-3H3,(H3,16,17,18). The number of nitrogens with two attached hydrogens (primary N) is 1. The summed E-state index contributed by atoms with van der Waals surface area (Å²) >= 11 is 0. The van der Waals surface area contributed by atoms with Gasteiger partial charge in [0.1, 0.15) is 5.75 Å². The maximum absolute atomic E-state index is 5.76. The van der Waals surface area contributed by atoms with Gasteiger partial charge in [-0.25, -0.2) is 9.67 Å². The highest BCUT2D eigenvalue weighted by Crippen LogP contribution is 2.14. The van der Waals surface area contributed by atoms with Crippen molar-refractivity contribution < 1.29 is 4.74 Å². The number of nitrogens with one attached hydrogen (secondary N) is 1. The molecule has 0 saturated heterocycles. The minimum absolute atomic E-state index is 0.269. The molecule has 0 saturated carbocycles. The first-order valence-electron chi connectivity index (χ1n) is 6.84. The first kappa shape index (κ1) is 14.9. The Hall–Kier alpha value is -2.50. The number of hydrogen-bond acceptors (Lipinski definition) is 3. The Morgan fingerprint density at radius 1 is 1.33 bits per heavy atom. The van der Waals surface area contributed by atoms with Crippen LogP contribution in [-0.4, -0.2) is 28.9 Å². The fourth-order valence-electron chi connectivity index (χ4n) is 1.83. The summed E-state index contributed by atoms with van der Waals surface area (Å²) in [5.74, 6) is 1.26. The smallest absolute Gasteiger partial charge is 0.189 e. The average Bonchev–Trinajstić information content (AvgIpc) is 2.93. The normalized spacial score (nSPS) is 11.7. The Labute approximate surface area is 124 Å². The van der Waals surface area contributed by atoms with Crippen LogP contribution < -0.4 is 15.8 Å². The predicted molar refractivity (Wildman–Crippen MR) is 83.7 cm³/mol. The molecule has 1 heterocycles. The SMILES string of the molecule is COc1ccc(-n2ccc(CN=C(N)NC(C)C)n2)cc1. The second-order valence-electron chi connectivity index (χ2n) is 4.95. The van der Waals surface area contributed by atoms with Crippen LogP contribution in [0.4, 0.5) is 0 Å². The molecule has 0 aliphatic heterocycles. The summed E-state index contributed by atoms with van der Waals surface area (Å²) < 4.78 is 6.94. The van der Waals surface area contributed by atoms with Crippen LogP contribution in [0, 0.1) is 0 Å². The van der Waals surface area contributed by atoms with E-state index in [1.807, 2.05) is 50.4 Å². The Morgan fingerprint density at radius 3 is 2.67 bits per heavy atom. The largest absolute Gasteiger partial charge is 0.497 e. The predicted octanol–water partition coefficient (Wildman–Crippen LogP) is 1.69. The Morgan fingerprint density at radius 2 is 2.05 bits per heavy atom. The second kappa shape index (κ2) is 6.78. The molecule has 0 radical (unpaired) electrons. The molecule has 0 unspecified atom stereocenters. The van der Waals surface area contributed by atoms with Crippen molar-refractivity contribution in [2.24, 2.45) is 10.7 Å². The van der Waals surface area contributed by atoms with E-state index in [-0.39, 0.29) is 6.04 Å². The van der Waals surface area contributed by atoms with E-state index in [4.69, 9.17) is 10.5 Å². The van der Waals surface area contributed by atoms with E-state index in [9.17, 15) is 0 Å². The summed E-state index contributed by atoms with van der Waals surface area (Å²) in [5.41, 5.74) is 7.59. The fourth-order valence-corrected chi connectivity index (χ4v) is 1.83. The molecule has 0 fully saturated rings. The van der Waals surface area contributed by atoms with Gasteiger partial charge in [0.25, 0.3) is 0 Å². The van der Waals surface area contributed by atoms with E-state index >= 15 is 0 Å². The summed E-state index contributed by atoms with van der Waals surface area (Å²) in [7, 11) is 1.65. The highest BCUT2D eigenvalue weighted by atomic mass is 16.5. The second-order valence-corrected chi connectivity index (χ2v) is 4.95. The van der Waals surface area contributed by atoms with Gasteiger partial charge in [-0.1, -0.05) is 0 Å². The van der Waals surface area contributed by atoms with Gasteiger partial charge in [0.15, 0.2) is 5.96 Å². The van der Waals surface area contributed by atoms with E-state index in [0.717, 1.165) is 17.1 Å². The third-order valence-corrected chi connectivity index (χ3v) is 2.83. The van der Waals surface area contributed by atoms with Gasteiger partial charge in [-0.3, -0.25) is 0 Å². The molecule has 0 bridgehead atoms. The molecule has 0 spiro atoms. The molecule has 6 nitrogen and oxygen atoms in total. The molecule has 0 aliphatic rings. The van der Waals surface area contributed by atoms with Crippen molar-refractivity contribution in [2.45, 2.75) is 26.4 Å². The zero-order valence-electron chi connectivity index (χ0n) is 12.6. The zero-order valence-corrected chi connectivity index (χ0v) is 12.6. The summed E-state index contributed by atoms with van der Waals surface area (Å²) in [6.07, 6.45) is 1.90. The van der Waals surface area contributed by atoms with Gasteiger partial charge in [-0.2, -0.15) is 5.10 Å². The van der Waals surface area contributed by atoms with Crippen molar-refractivity contribution in [1.82, 2.24) is 15.1 Å². The lowest BCUT2D eigenvalue weighted by molar-refractivity contribution is 0.414. The lowest BCUT2D eigenvalue weighted by Gasteiger charge is -2.07. The Kier molecular flexibility index (Phi) is 4.81. The van der Waals surface area contributed by atoms with Crippen molar-refractivity contribution >= 4 is 5.96 Å². The van der Waals surface area contributed by atoms with Crippen molar-refractivity contribution in [2.75, 3.05) is 7.11 Å². The van der Waals surface area contributed by atoms with Gasteiger partial charge >= 0.3 is 0 Å². The number of nitrogens with zero attached hydrogens (tertiary/aromatic N) is 3. The maximum atomic E-state index is 5.76. The molecule has 1 aromatic carbocycles. The molecule has 2 rings (SSSR count). The lowest BCUT2D eigenvalue weighted by atomic mass is 10.3. The van der Waals surface area contributed by atoms with E-state index in [1.165, 1.54) is 0 Å². The van der Waals surface area contributed by atoms with Crippen LogP contribution in [0.25, 0.3) is 5.69 Å². The Balaban J connectivity index is 2.03. The molecular weight excluding hydrogens is 266 g/mol. The molecule has 0 amide bonds. The number of aliphatic imine (C=N–C) groups is 1. The number of benzene rings is 1. The van der Waals surface area contributed by atoms with Gasteiger partial charge in [-0.05, 0) is 44.2 Å². The van der Waals surface area contributed by atoms with Crippen LogP contribution in [-0.2, 0) is 6.54 Å². The zero-order chi connectivity index (χ0) is 15.2. The number of ether oxygens (including phenoxy) is 1. The van der Waals surface area contributed by atoms with Crippen LogP contribution >= 0.6 is 0 Å². The molecule has 112 valence electrons. The van der Waals surface area contributed by atoms with Gasteiger partial charge < -0.3 is 15.8 Å². The highest BCUT2D eigenvalue weighted by Gasteiger charge is 2.02. The number of guanidine groups is 1. The molecular formula is C15H21N5O. The van der Waals surface area contributed by atoms with Crippen LogP contribution in [0.2, 0.25) is 0 Å². The number of methoxy groups -OCH3 is 1. The van der Waals surface area contributed by atoms with E-state index in [1.54, 1.807) is 11.8 Å². The van der Waals surface area contributed by atoms with E-state index < -0.39 is 0 Å². The molecule has 6 heteroatoms. The summed E-state index contributed by atoms with van der Waals surface area (Å²) in [4.78, 5) is 4.26. The number of hydrogen-bond donors (Lipinski definition) is 2. The van der Waals surface area contributed by atoms with Crippen molar-refractivity contribution in [3.63, 3.8) is 0 Å². The molecule has 1 aromatic heterocycles. The first-order chi connectivity index (χ1) is 10.1. The average molecular weight is 287 g/mol. The number of rotatable bonds is 5. The first-order valence-corrected chi connectivity index (χ1v) is 6.84. The maximum Gasteiger partial charge on any atom is 0.189 e. The van der Waals surface area contributed by atoms with E-state index in [0.29, 0.717) is 12.5 Å². The van der Waals surface area contributed by atoms with Crippen molar-refractivity contribution in [3.8, 4) is 11.4 Å². The Bertz CT molecular complexity index is 601. The van der Waals surface area contributed by atoms with Crippen LogP contribution in [0.5, 0.6) is 5.75 Å². The lowest BCUT2D eigenvalue weighted by Crippen LogP contribution is -2.36. The molecule has 2 aromatic rings. The van der Waals surface area contributed by atoms with Gasteiger partial charge in [0, 0.05) is 12.2 Å². The van der Waals surface area contributed by atoms with Crippen molar-refractivity contribution in [3.05, 3.63) is 42.2 Å². The summed E-state index contributed by atoms with van der Waals surface area (Å²) in [5, 5.41) is 7.52. The summed E-state index contributed by atoms with van der Waals surface area (Å²) in [6, 6.07) is 9.90. The van der Waals surface area contributed by atoms with Gasteiger partial charge in [0.2, 0.25) is 0 Å². The summed E-state index contributed by atoms with van der Waals surface area (Å²) in [6.45, 7) is 4.48. The molecule has 0 atom stereocenters. The molecule has 0 aliphatic carbocycles. The minimum Gasteiger partial charge on any atom is -0.497 e. The topological polar surface area (TPSA) is 77.5 Å². The monoisotopic (exact) mass is 287 g/mol. The van der Waals surface area contributed by atoms with E-state index in [2.05, 4.69) is 15.4 Å². The fraction of sp³-hybridized carbons (Fsp3) is 0.333. The highest BCUT2D eigenvalue weighted by molar-refractivity contribution is 5.78. The van der Waals surface area contributed by atoms with Gasteiger partial charge in [-0.15, -0.1) is 0 Å². The van der Waals surface area contributed by atoms with Crippen LogP contribution in [0.15, 0.2) is 41.5 Å². The number of aromatic nitrogens is 2. The minimum atomic E-state index is 0.269. The van der Waals surface area contributed by atoms with Crippen molar-refractivity contribution in [1.29, 1.82) is 0 Å². The van der Waals surface area contributed by atoms with Crippen LogP contribution in [0.1, 0.15) is 19.5 Å². The van der Waals surface area contributed by atoms with Gasteiger partial charge in [0.05, 0.1) is 25.0 Å².